The molecule has 6 heteroatoms. The summed E-state index contributed by atoms with van der Waals surface area (Å²) in [7, 11) is 1.95. The molecule has 2 rings (SSSR count). The van der Waals surface area contributed by atoms with Gasteiger partial charge in [-0.25, -0.2) is 4.98 Å². The number of aryl methyl sites for hydroxylation is 1. The Morgan fingerprint density at radius 1 is 1.60 bits per heavy atom. The number of rotatable bonds is 4. The second-order valence-electron chi connectivity index (χ2n) is 3.10. The van der Waals surface area contributed by atoms with Crippen LogP contribution in [0, 0.1) is 0 Å². The fraction of sp³-hybridized carbons (Fsp3) is 0.333. The minimum atomic E-state index is 0.874. The zero-order chi connectivity index (χ0) is 10.7. The molecule has 0 aliphatic rings. The number of anilines is 1. The summed E-state index contributed by atoms with van der Waals surface area (Å²) in [6, 6.07) is 2.03. The largest absolute Gasteiger partial charge is 0.361 e. The Balaban J connectivity index is 1.83. The summed E-state index contributed by atoms with van der Waals surface area (Å²) >= 11 is 4.92. The first-order valence-corrected chi connectivity index (χ1v) is 6.25. The van der Waals surface area contributed by atoms with Gasteiger partial charge in [0, 0.05) is 37.3 Å². The molecule has 2 aromatic rings. The van der Waals surface area contributed by atoms with Gasteiger partial charge < -0.3 is 5.32 Å². The smallest absolute Gasteiger partial charge is 0.183 e. The van der Waals surface area contributed by atoms with Crippen LogP contribution in [0.1, 0.15) is 5.69 Å². The van der Waals surface area contributed by atoms with E-state index in [0.29, 0.717) is 0 Å². The van der Waals surface area contributed by atoms with Gasteiger partial charge in [-0.15, -0.1) is 11.3 Å². The Labute approximate surface area is 100 Å². The van der Waals surface area contributed by atoms with E-state index in [4.69, 9.17) is 0 Å². The van der Waals surface area contributed by atoms with Crippen LogP contribution in [0.5, 0.6) is 0 Å². The van der Waals surface area contributed by atoms with Crippen LogP contribution in [0.3, 0.4) is 0 Å². The molecule has 1 N–H and O–H groups in total. The van der Waals surface area contributed by atoms with Gasteiger partial charge in [-0.05, 0) is 22.0 Å². The first kappa shape index (κ1) is 10.6. The SMILES string of the molecule is Cn1nccc1CCNc1nc(Br)cs1. The van der Waals surface area contributed by atoms with E-state index in [9.17, 15) is 0 Å². The number of thiazole rings is 1. The van der Waals surface area contributed by atoms with Crippen molar-refractivity contribution in [1.82, 2.24) is 14.8 Å². The standard InChI is InChI=1S/C9H11BrN4S/c1-14-7(3-5-12-14)2-4-11-9-13-8(10)6-15-9/h3,5-6H,2,4H2,1H3,(H,11,13). The highest BCUT2D eigenvalue weighted by molar-refractivity contribution is 9.10. The number of hydrogen-bond acceptors (Lipinski definition) is 4. The summed E-state index contributed by atoms with van der Waals surface area (Å²) in [4.78, 5) is 4.25. The number of aromatic nitrogens is 3. The molecular weight excluding hydrogens is 276 g/mol. The highest BCUT2D eigenvalue weighted by Gasteiger charge is 2.00. The van der Waals surface area contributed by atoms with Gasteiger partial charge in [-0.2, -0.15) is 5.10 Å². The quantitative estimate of drug-likeness (QED) is 0.938. The van der Waals surface area contributed by atoms with E-state index < -0.39 is 0 Å². The van der Waals surface area contributed by atoms with Crippen molar-refractivity contribution in [2.45, 2.75) is 6.42 Å². The molecular formula is C9H11BrN4S. The van der Waals surface area contributed by atoms with Crippen molar-refractivity contribution >= 4 is 32.4 Å². The molecule has 0 unspecified atom stereocenters. The normalized spacial score (nSPS) is 10.5. The lowest BCUT2D eigenvalue weighted by Crippen LogP contribution is -2.07. The predicted octanol–water partition coefficient (Wildman–Crippen LogP) is 2.29. The summed E-state index contributed by atoms with van der Waals surface area (Å²) in [5.74, 6) is 0. The van der Waals surface area contributed by atoms with E-state index in [0.717, 1.165) is 22.7 Å². The molecule has 80 valence electrons. The molecule has 15 heavy (non-hydrogen) atoms. The Morgan fingerprint density at radius 3 is 3.07 bits per heavy atom. The van der Waals surface area contributed by atoms with Crippen LogP contribution in [-0.2, 0) is 13.5 Å². The van der Waals surface area contributed by atoms with Gasteiger partial charge in [0.2, 0.25) is 0 Å². The van der Waals surface area contributed by atoms with Gasteiger partial charge in [0.25, 0.3) is 0 Å². The summed E-state index contributed by atoms with van der Waals surface area (Å²) in [6.45, 7) is 0.874. The third-order valence-electron chi connectivity index (χ3n) is 2.06. The highest BCUT2D eigenvalue weighted by Crippen LogP contribution is 2.19. The second kappa shape index (κ2) is 4.76. The third-order valence-corrected chi connectivity index (χ3v) is 3.57. The molecule has 0 aliphatic heterocycles. The van der Waals surface area contributed by atoms with E-state index in [-0.39, 0.29) is 0 Å². The Hall–Kier alpha value is -0.880. The Kier molecular flexibility index (Phi) is 3.37. The molecule has 0 spiro atoms. The van der Waals surface area contributed by atoms with Crippen LogP contribution < -0.4 is 5.32 Å². The lowest BCUT2D eigenvalue weighted by molar-refractivity contribution is 0.711. The van der Waals surface area contributed by atoms with E-state index in [1.165, 1.54) is 5.69 Å². The van der Waals surface area contributed by atoms with Gasteiger partial charge in [-0.3, -0.25) is 4.68 Å². The summed E-state index contributed by atoms with van der Waals surface area (Å²) in [5, 5.41) is 10.3. The molecule has 2 aromatic heterocycles. The molecule has 0 fully saturated rings. The van der Waals surface area contributed by atoms with Crippen LogP contribution in [0.4, 0.5) is 5.13 Å². The van der Waals surface area contributed by atoms with Crippen LogP contribution in [0.15, 0.2) is 22.2 Å². The molecule has 0 saturated carbocycles. The Morgan fingerprint density at radius 2 is 2.47 bits per heavy atom. The van der Waals surface area contributed by atoms with Crippen molar-refractivity contribution in [3.63, 3.8) is 0 Å². The lowest BCUT2D eigenvalue weighted by Gasteiger charge is -2.02. The van der Waals surface area contributed by atoms with E-state index >= 15 is 0 Å². The maximum Gasteiger partial charge on any atom is 0.183 e. The fourth-order valence-corrected chi connectivity index (χ4v) is 2.45. The highest BCUT2D eigenvalue weighted by atomic mass is 79.9. The first-order chi connectivity index (χ1) is 7.25. The second-order valence-corrected chi connectivity index (χ2v) is 4.77. The molecule has 0 atom stereocenters. The van der Waals surface area contributed by atoms with E-state index in [1.807, 2.05) is 29.4 Å². The maximum atomic E-state index is 4.25. The monoisotopic (exact) mass is 286 g/mol. The molecule has 0 radical (unpaired) electrons. The first-order valence-electron chi connectivity index (χ1n) is 4.57. The number of nitrogens with zero attached hydrogens (tertiary/aromatic N) is 3. The number of nitrogens with one attached hydrogen (secondary N) is 1. The zero-order valence-corrected chi connectivity index (χ0v) is 10.7. The maximum absolute atomic E-state index is 4.25. The molecule has 0 bridgehead atoms. The molecule has 2 heterocycles. The third kappa shape index (κ3) is 2.79. The van der Waals surface area contributed by atoms with Gasteiger partial charge in [0.1, 0.15) is 4.60 Å². The van der Waals surface area contributed by atoms with Crippen molar-refractivity contribution in [2.75, 3.05) is 11.9 Å². The zero-order valence-electron chi connectivity index (χ0n) is 8.27. The van der Waals surface area contributed by atoms with Crippen molar-refractivity contribution < 1.29 is 0 Å². The topological polar surface area (TPSA) is 42.7 Å². The molecule has 0 aliphatic carbocycles. The van der Waals surface area contributed by atoms with Crippen LogP contribution >= 0.6 is 27.3 Å². The van der Waals surface area contributed by atoms with Crippen LogP contribution in [0.2, 0.25) is 0 Å². The number of hydrogen-bond donors (Lipinski definition) is 1. The van der Waals surface area contributed by atoms with Crippen molar-refractivity contribution in [2.24, 2.45) is 7.05 Å². The molecule has 0 saturated heterocycles. The van der Waals surface area contributed by atoms with Gasteiger partial charge in [0.15, 0.2) is 5.13 Å². The minimum Gasteiger partial charge on any atom is -0.361 e. The van der Waals surface area contributed by atoms with Gasteiger partial charge in [-0.1, -0.05) is 0 Å². The van der Waals surface area contributed by atoms with Crippen molar-refractivity contribution in [3.8, 4) is 0 Å². The average Bonchev–Trinajstić information content (AvgIpc) is 2.77. The van der Waals surface area contributed by atoms with Gasteiger partial charge in [0.05, 0.1) is 0 Å². The summed E-state index contributed by atoms with van der Waals surface area (Å²) in [6.07, 6.45) is 2.77. The molecule has 0 amide bonds. The molecule has 4 nitrogen and oxygen atoms in total. The van der Waals surface area contributed by atoms with Crippen LogP contribution in [0.25, 0.3) is 0 Å². The van der Waals surface area contributed by atoms with Crippen molar-refractivity contribution in [1.29, 1.82) is 0 Å². The number of halogens is 1. The van der Waals surface area contributed by atoms with E-state index in [2.05, 4.69) is 31.3 Å². The van der Waals surface area contributed by atoms with Gasteiger partial charge >= 0.3 is 0 Å². The minimum absolute atomic E-state index is 0.874. The fourth-order valence-electron chi connectivity index (χ4n) is 1.28. The molecule has 0 aromatic carbocycles. The predicted molar refractivity (Wildman–Crippen MR) is 65.2 cm³/mol. The average molecular weight is 287 g/mol. The van der Waals surface area contributed by atoms with Crippen molar-refractivity contribution in [3.05, 3.63) is 27.9 Å². The van der Waals surface area contributed by atoms with Crippen LogP contribution in [-0.4, -0.2) is 21.3 Å². The summed E-state index contributed by atoms with van der Waals surface area (Å²) < 4.78 is 2.77. The summed E-state index contributed by atoms with van der Waals surface area (Å²) in [5.41, 5.74) is 1.22. The lowest BCUT2D eigenvalue weighted by atomic mass is 10.3. The van der Waals surface area contributed by atoms with E-state index in [1.54, 1.807) is 11.3 Å². The Bertz CT molecular complexity index is 437.